The summed E-state index contributed by atoms with van der Waals surface area (Å²) >= 11 is 6.14. The molecule has 0 aromatic heterocycles. The lowest BCUT2D eigenvalue weighted by Crippen LogP contribution is -2.44. The molecule has 0 spiro atoms. The van der Waals surface area contributed by atoms with Gasteiger partial charge in [0.25, 0.3) is 0 Å². The van der Waals surface area contributed by atoms with E-state index in [9.17, 15) is 14.0 Å². The fraction of sp³-hybridized carbons (Fsp3) is 0.391. The van der Waals surface area contributed by atoms with E-state index >= 15 is 0 Å². The predicted octanol–water partition coefficient (Wildman–Crippen LogP) is 3.82. The Morgan fingerprint density at radius 2 is 1.81 bits per heavy atom. The van der Waals surface area contributed by atoms with Gasteiger partial charge in [0, 0.05) is 39.3 Å². The monoisotopic (exact) mass is 444 g/mol. The van der Waals surface area contributed by atoms with Crippen molar-refractivity contribution >= 4 is 29.2 Å². The smallest absolute Gasteiger partial charge is 0.321 e. The minimum atomic E-state index is -0.276. The van der Waals surface area contributed by atoms with Crippen molar-refractivity contribution in [2.45, 2.75) is 25.4 Å². The van der Waals surface area contributed by atoms with Crippen LogP contribution in [0.25, 0.3) is 0 Å². The lowest BCUT2D eigenvalue weighted by Gasteiger charge is -2.27. The van der Waals surface area contributed by atoms with Gasteiger partial charge in [-0.2, -0.15) is 0 Å². The van der Waals surface area contributed by atoms with Crippen molar-refractivity contribution in [2.75, 3.05) is 38.0 Å². The topological polar surface area (TPSA) is 55.9 Å². The number of nitrogens with one attached hydrogen (secondary N) is 1. The molecule has 164 valence electrons. The van der Waals surface area contributed by atoms with E-state index in [-0.39, 0.29) is 23.8 Å². The van der Waals surface area contributed by atoms with Gasteiger partial charge in [-0.05, 0) is 42.7 Å². The number of nitrogens with zero attached hydrogens (tertiary/aromatic N) is 3. The largest absolute Gasteiger partial charge is 0.337 e. The molecule has 1 atom stereocenters. The standard InChI is InChI=1S/C23H26ClFN4O2/c24-19-4-1-2-5-20(19)26-23(31)28-12-3-11-27(14-15-28)21-10-13-29(22(21)30)16-17-6-8-18(25)9-7-17/h1-2,4-9,21H,3,10-16H2,(H,26,31)/t21-/m1/s1. The van der Waals surface area contributed by atoms with Crippen LogP contribution in [0.2, 0.25) is 5.02 Å². The quantitative estimate of drug-likeness (QED) is 0.780. The minimum absolute atomic E-state index is 0.110. The molecule has 8 heteroatoms. The summed E-state index contributed by atoms with van der Waals surface area (Å²) in [4.78, 5) is 31.5. The van der Waals surface area contributed by atoms with Crippen molar-refractivity contribution in [1.82, 2.24) is 14.7 Å². The van der Waals surface area contributed by atoms with Gasteiger partial charge in [0.05, 0.1) is 16.8 Å². The van der Waals surface area contributed by atoms with E-state index in [1.807, 2.05) is 17.0 Å². The van der Waals surface area contributed by atoms with Gasteiger partial charge in [-0.25, -0.2) is 9.18 Å². The number of para-hydroxylation sites is 1. The number of anilines is 1. The molecule has 0 aliphatic carbocycles. The van der Waals surface area contributed by atoms with E-state index in [0.717, 1.165) is 24.9 Å². The fourth-order valence-corrected chi connectivity index (χ4v) is 4.42. The molecule has 2 fully saturated rings. The highest BCUT2D eigenvalue weighted by Crippen LogP contribution is 2.23. The molecule has 2 saturated heterocycles. The molecule has 0 radical (unpaired) electrons. The van der Waals surface area contributed by atoms with Gasteiger partial charge in [-0.1, -0.05) is 35.9 Å². The number of likely N-dealkylation sites (tertiary alicyclic amines) is 1. The van der Waals surface area contributed by atoms with Crippen molar-refractivity contribution in [2.24, 2.45) is 0 Å². The van der Waals surface area contributed by atoms with Gasteiger partial charge >= 0.3 is 6.03 Å². The second kappa shape index (κ2) is 9.66. The van der Waals surface area contributed by atoms with Gasteiger partial charge in [-0.15, -0.1) is 0 Å². The molecule has 2 aliphatic rings. The third kappa shape index (κ3) is 5.17. The zero-order valence-corrected chi connectivity index (χ0v) is 18.0. The van der Waals surface area contributed by atoms with Crippen LogP contribution in [-0.4, -0.2) is 65.4 Å². The Bertz CT molecular complexity index is 939. The Kier molecular flexibility index (Phi) is 6.73. The molecule has 1 N–H and O–H groups in total. The first-order chi connectivity index (χ1) is 15.0. The second-order valence-electron chi connectivity index (χ2n) is 7.98. The summed E-state index contributed by atoms with van der Waals surface area (Å²) in [5.74, 6) is -0.166. The van der Waals surface area contributed by atoms with Gasteiger partial charge in [0.1, 0.15) is 5.82 Å². The van der Waals surface area contributed by atoms with E-state index in [2.05, 4.69) is 10.2 Å². The number of urea groups is 1. The first-order valence-electron chi connectivity index (χ1n) is 10.6. The number of rotatable bonds is 4. The SMILES string of the molecule is O=C(Nc1ccccc1Cl)N1CCCN([C@@H]2CCN(Cc3ccc(F)cc3)C2=O)CC1. The number of benzene rings is 2. The van der Waals surface area contributed by atoms with Crippen LogP contribution in [0.4, 0.5) is 14.9 Å². The van der Waals surface area contributed by atoms with Crippen molar-refractivity contribution in [1.29, 1.82) is 0 Å². The number of hydrogen-bond acceptors (Lipinski definition) is 3. The summed E-state index contributed by atoms with van der Waals surface area (Å²) in [5, 5.41) is 3.38. The number of halogens is 2. The number of hydrogen-bond donors (Lipinski definition) is 1. The van der Waals surface area contributed by atoms with Crippen molar-refractivity contribution in [3.05, 3.63) is 64.9 Å². The number of amides is 3. The third-order valence-electron chi connectivity index (χ3n) is 5.93. The van der Waals surface area contributed by atoms with Gasteiger partial charge < -0.3 is 15.1 Å². The van der Waals surface area contributed by atoms with Crippen LogP contribution in [0.1, 0.15) is 18.4 Å². The average Bonchev–Trinajstić information content (AvgIpc) is 2.97. The third-order valence-corrected chi connectivity index (χ3v) is 6.26. The van der Waals surface area contributed by atoms with Crippen molar-refractivity contribution in [3.8, 4) is 0 Å². The predicted molar refractivity (Wildman–Crippen MR) is 118 cm³/mol. The molecular formula is C23H26ClFN4O2. The van der Waals surface area contributed by atoms with Crippen LogP contribution < -0.4 is 5.32 Å². The summed E-state index contributed by atoms with van der Waals surface area (Å²) in [5.41, 5.74) is 1.52. The molecule has 0 saturated carbocycles. The van der Waals surface area contributed by atoms with Crippen LogP contribution in [0.3, 0.4) is 0 Å². The van der Waals surface area contributed by atoms with E-state index < -0.39 is 0 Å². The minimum Gasteiger partial charge on any atom is -0.337 e. The first kappa shape index (κ1) is 21.6. The highest BCUT2D eigenvalue weighted by molar-refractivity contribution is 6.33. The van der Waals surface area contributed by atoms with Gasteiger partial charge in [0.15, 0.2) is 0 Å². The summed E-state index contributed by atoms with van der Waals surface area (Å²) in [6.07, 6.45) is 1.57. The lowest BCUT2D eigenvalue weighted by atomic mass is 10.2. The molecule has 2 aliphatic heterocycles. The first-order valence-corrected chi connectivity index (χ1v) is 11.0. The van der Waals surface area contributed by atoms with Gasteiger partial charge in [-0.3, -0.25) is 9.69 Å². The summed E-state index contributed by atoms with van der Waals surface area (Å²) < 4.78 is 13.1. The normalized spacial score (nSPS) is 20.1. The lowest BCUT2D eigenvalue weighted by molar-refractivity contribution is -0.132. The molecule has 0 unspecified atom stereocenters. The molecule has 2 aromatic carbocycles. The van der Waals surface area contributed by atoms with E-state index in [1.54, 1.807) is 29.2 Å². The second-order valence-corrected chi connectivity index (χ2v) is 8.38. The van der Waals surface area contributed by atoms with Crippen LogP contribution in [0.15, 0.2) is 48.5 Å². The molecule has 0 bridgehead atoms. The van der Waals surface area contributed by atoms with Crippen LogP contribution in [0, 0.1) is 5.82 Å². The summed E-state index contributed by atoms with van der Waals surface area (Å²) in [7, 11) is 0. The van der Waals surface area contributed by atoms with Crippen LogP contribution in [-0.2, 0) is 11.3 Å². The molecule has 3 amide bonds. The molecule has 6 nitrogen and oxygen atoms in total. The molecular weight excluding hydrogens is 419 g/mol. The van der Waals surface area contributed by atoms with Gasteiger partial charge in [0.2, 0.25) is 5.91 Å². The summed E-state index contributed by atoms with van der Waals surface area (Å²) in [6, 6.07) is 13.1. The molecule has 2 heterocycles. The van der Waals surface area contributed by atoms with Crippen molar-refractivity contribution < 1.29 is 14.0 Å². The Morgan fingerprint density at radius 1 is 1.03 bits per heavy atom. The number of carbonyl (C=O) groups excluding carboxylic acids is 2. The van der Waals surface area contributed by atoms with E-state index in [0.29, 0.717) is 43.4 Å². The Balaban J connectivity index is 1.32. The maximum atomic E-state index is 13.1. The van der Waals surface area contributed by atoms with Crippen molar-refractivity contribution in [3.63, 3.8) is 0 Å². The fourth-order valence-electron chi connectivity index (χ4n) is 4.24. The molecule has 2 aromatic rings. The maximum Gasteiger partial charge on any atom is 0.321 e. The number of carbonyl (C=O) groups is 2. The highest BCUT2D eigenvalue weighted by Gasteiger charge is 2.36. The zero-order valence-electron chi connectivity index (χ0n) is 17.3. The maximum absolute atomic E-state index is 13.1. The average molecular weight is 445 g/mol. The van der Waals surface area contributed by atoms with Crippen LogP contribution >= 0.6 is 11.6 Å². The van der Waals surface area contributed by atoms with Crippen LogP contribution in [0.5, 0.6) is 0 Å². The molecule has 4 rings (SSSR count). The Morgan fingerprint density at radius 3 is 2.58 bits per heavy atom. The van der Waals surface area contributed by atoms with E-state index in [4.69, 9.17) is 11.6 Å². The zero-order chi connectivity index (χ0) is 21.8. The Hall–Kier alpha value is -2.64. The Labute approximate surface area is 186 Å². The summed E-state index contributed by atoms with van der Waals surface area (Å²) in [6.45, 7) is 3.79. The highest BCUT2D eigenvalue weighted by atomic mass is 35.5. The van der Waals surface area contributed by atoms with E-state index in [1.165, 1.54) is 12.1 Å². The molecule has 31 heavy (non-hydrogen) atoms.